The number of aromatic nitrogens is 2. The number of ether oxygens (including phenoxy) is 1. The Morgan fingerprint density at radius 1 is 1.73 bits per heavy atom. The minimum absolute atomic E-state index is 0.129. The van der Waals surface area contributed by atoms with Crippen molar-refractivity contribution in [1.82, 2.24) is 15.1 Å². The van der Waals surface area contributed by atoms with Crippen molar-refractivity contribution < 1.29 is 9.53 Å². The predicted molar refractivity (Wildman–Crippen MR) is 57.1 cm³/mol. The van der Waals surface area contributed by atoms with Crippen molar-refractivity contribution in [2.45, 2.75) is 0 Å². The Kier molecular flexibility index (Phi) is 4.56. The minimum Gasteiger partial charge on any atom is -0.383 e. The molecule has 0 bridgehead atoms. The highest BCUT2D eigenvalue weighted by molar-refractivity contribution is 5.91. The number of nitrogens with one attached hydrogen (secondary N) is 1. The van der Waals surface area contributed by atoms with Crippen LogP contribution in [0.15, 0.2) is 18.5 Å². The Bertz CT molecular complexity index is 344. The van der Waals surface area contributed by atoms with Crippen LogP contribution in [0.5, 0.6) is 0 Å². The van der Waals surface area contributed by atoms with Crippen LogP contribution in [0.2, 0.25) is 0 Å². The van der Waals surface area contributed by atoms with Crippen molar-refractivity contribution in [1.29, 1.82) is 0 Å². The molecule has 0 radical (unpaired) electrons. The smallest absolute Gasteiger partial charge is 0.244 e. The molecule has 82 valence electrons. The molecule has 0 unspecified atom stereocenters. The highest BCUT2D eigenvalue weighted by Gasteiger charge is 1.94. The summed E-state index contributed by atoms with van der Waals surface area (Å²) in [5.74, 6) is -0.129. The predicted octanol–water partition coefficient (Wildman–Crippen LogP) is 0.196. The maximum atomic E-state index is 11.2. The van der Waals surface area contributed by atoms with Crippen LogP contribution in [0.1, 0.15) is 5.56 Å². The molecule has 1 aromatic heterocycles. The minimum atomic E-state index is -0.129. The maximum Gasteiger partial charge on any atom is 0.244 e. The van der Waals surface area contributed by atoms with Crippen molar-refractivity contribution in [3.8, 4) is 0 Å². The molecule has 0 spiro atoms. The fraction of sp³-hybridized carbons (Fsp3) is 0.400. The molecular weight excluding hydrogens is 194 g/mol. The van der Waals surface area contributed by atoms with Gasteiger partial charge in [0.1, 0.15) is 0 Å². The summed E-state index contributed by atoms with van der Waals surface area (Å²) in [5, 5.41) is 6.67. The molecule has 1 N–H and O–H groups in total. The Morgan fingerprint density at radius 2 is 2.53 bits per heavy atom. The molecule has 0 aromatic carbocycles. The number of methoxy groups -OCH3 is 1. The number of nitrogens with zero attached hydrogens (tertiary/aromatic N) is 2. The van der Waals surface area contributed by atoms with Gasteiger partial charge in [-0.15, -0.1) is 0 Å². The molecule has 0 saturated heterocycles. The van der Waals surface area contributed by atoms with Crippen LogP contribution >= 0.6 is 0 Å². The number of amides is 1. The Labute approximate surface area is 88.7 Å². The topological polar surface area (TPSA) is 56.1 Å². The van der Waals surface area contributed by atoms with Crippen LogP contribution < -0.4 is 5.32 Å². The van der Waals surface area contributed by atoms with E-state index in [9.17, 15) is 4.79 Å². The second-order valence-corrected chi connectivity index (χ2v) is 3.06. The third-order valence-corrected chi connectivity index (χ3v) is 1.76. The van der Waals surface area contributed by atoms with Crippen LogP contribution in [0.3, 0.4) is 0 Å². The standard InChI is InChI=1S/C10H15N3O2/c1-13-8-9(7-12-13)3-4-10(14)11-5-6-15-2/h3-4,7-8H,5-6H2,1-2H3,(H,11,14). The van der Waals surface area contributed by atoms with Gasteiger partial charge >= 0.3 is 0 Å². The van der Waals surface area contributed by atoms with E-state index in [0.29, 0.717) is 13.2 Å². The summed E-state index contributed by atoms with van der Waals surface area (Å²) in [4.78, 5) is 11.2. The first-order valence-electron chi connectivity index (χ1n) is 4.66. The van der Waals surface area contributed by atoms with Crippen LogP contribution in [0.4, 0.5) is 0 Å². The van der Waals surface area contributed by atoms with Gasteiger partial charge < -0.3 is 10.1 Å². The molecule has 1 aromatic rings. The van der Waals surface area contributed by atoms with Crippen molar-refractivity contribution in [2.24, 2.45) is 7.05 Å². The van der Waals surface area contributed by atoms with Crippen molar-refractivity contribution in [2.75, 3.05) is 20.3 Å². The van der Waals surface area contributed by atoms with E-state index in [4.69, 9.17) is 4.74 Å². The van der Waals surface area contributed by atoms with Gasteiger partial charge in [-0.1, -0.05) is 0 Å². The lowest BCUT2D eigenvalue weighted by Crippen LogP contribution is -2.24. The molecule has 0 aliphatic rings. The van der Waals surface area contributed by atoms with Gasteiger partial charge in [-0.3, -0.25) is 9.48 Å². The molecule has 1 amide bonds. The van der Waals surface area contributed by atoms with Gasteiger partial charge in [0.05, 0.1) is 12.8 Å². The van der Waals surface area contributed by atoms with E-state index in [1.165, 1.54) is 6.08 Å². The molecule has 1 heterocycles. The zero-order valence-corrected chi connectivity index (χ0v) is 8.93. The van der Waals surface area contributed by atoms with Gasteiger partial charge in [0, 0.05) is 38.5 Å². The number of rotatable bonds is 5. The first kappa shape index (κ1) is 11.5. The summed E-state index contributed by atoms with van der Waals surface area (Å²) >= 11 is 0. The Morgan fingerprint density at radius 3 is 3.13 bits per heavy atom. The van der Waals surface area contributed by atoms with E-state index in [0.717, 1.165) is 5.56 Å². The Balaban J connectivity index is 2.34. The molecule has 0 saturated carbocycles. The molecule has 15 heavy (non-hydrogen) atoms. The number of aryl methyl sites for hydroxylation is 1. The van der Waals surface area contributed by atoms with Gasteiger partial charge in [-0.25, -0.2) is 0 Å². The van der Waals surface area contributed by atoms with Crippen molar-refractivity contribution in [3.63, 3.8) is 0 Å². The Hall–Kier alpha value is -1.62. The molecule has 5 heteroatoms. The zero-order chi connectivity index (χ0) is 11.1. The summed E-state index contributed by atoms with van der Waals surface area (Å²) in [6, 6.07) is 0. The second kappa shape index (κ2) is 5.98. The molecule has 5 nitrogen and oxygen atoms in total. The van der Waals surface area contributed by atoms with E-state index in [1.807, 2.05) is 13.2 Å². The van der Waals surface area contributed by atoms with E-state index in [2.05, 4.69) is 10.4 Å². The number of hydrogen-bond acceptors (Lipinski definition) is 3. The van der Waals surface area contributed by atoms with Gasteiger partial charge in [0.2, 0.25) is 5.91 Å². The monoisotopic (exact) mass is 209 g/mol. The summed E-state index contributed by atoms with van der Waals surface area (Å²) in [6.45, 7) is 1.04. The van der Waals surface area contributed by atoms with Gasteiger partial charge in [-0.05, 0) is 6.08 Å². The quantitative estimate of drug-likeness (QED) is 0.556. The highest BCUT2D eigenvalue weighted by atomic mass is 16.5. The van der Waals surface area contributed by atoms with Crippen molar-refractivity contribution in [3.05, 3.63) is 24.0 Å². The largest absolute Gasteiger partial charge is 0.383 e. The molecule has 0 fully saturated rings. The SMILES string of the molecule is COCCNC(=O)C=Cc1cnn(C)c1. The number of carbonyl (C=O) groups excluding carboxylic acids is 1. The van der Waals surface area contributed by atoms with Gasteiger partial charge in [0.25, 0.3) is 0 Å². The lowest BCUT2D eigenvalue weighted by molar-refractivity contribution is -0.116. The molecule has 0 atom stereocenters. The van der Waals surface area contributed by atoms with Gasteiger partial charge in [0.15, 0.2) is 0 Å². The van der Waals surface area contributed by atoms with E-state index in [1.54, 1.807) is 24.1 Å². The number of carbonyl (C=O) groups is 1. The van der Waals surface area contributed by atoms with Crippen LogP contribution in [-0.4, -0.2) is 35.9 Å². The average Bonchev–Trinajstić information content (AvgIpc) is 2.62. The summed E-state index contributed by atoms with van der Waals surface area (Å²) < 4.78 is 6.49. The summed E-state index contributed by atoms with van der Waals surface area (Å²) in [5.41, 5.74) is 0.902. The zero-order valence-electron chi connectivity index (χ0n) is 8.93. The first-order chi connectivity index (χ1) is 7.22. The fourth-order valence-electron chi connectivity index (χ4n) is 1.03. The second-order valence-electron chi connectivity index (χ2n) is 3.06. The van der Waals surface area contributed by atoms with E-state index in [-0.39, 0.29) is 5.91 Å². The third-order valence-electron chi connectivity index (χ3n) is 1.76. The van der Waals surface area contributed by atoms with E-state index >= 15 is 0 Å². The average molecular weight is 209 g/mol. The lowest BCUT2D eigenvalue weighted by Gasteiger charge is -1.99. The van der Waals surface area contributed by atoms with Crippen LogP contribution in [0.25, 0.3) is 6.08 Å². The lowest BCUT2D eigenvalue weighted by atomic mass is 10.3. The molecule has 0 aliphatic heterocycles. The van der Waals surface area contributed by atoms with Crippen LogP contribution in [-0.2, 0) is 16.6 Å². The highest BCUT2D eigenvalue weighted by Crippen LogP contribution is 1.98. The van der Waals surface area contributed by atoms with Crippen LogP contribution in [0, 0.1) is 0 Å². The summed E-state index contributed by atoms with van der Waals surface area (Å²) in [7, 11) is 3.42. The normalized spacial score (nSPS) is 10.8. The fourth-order valence-corrected chi connectivity index (χ4v) is 1.03. The number of hydrogen-bond donors (Lipinski definition) is 1. The molecule has 1 rings (SSSR count). The van der Waals surface area contributed by atoms with E-state index < -0.39 is 0 Å². The molecular formula is C10H15N3O2. The first-order valence-corrected chi connectivity index (χ1v) is 4.66. The maximum absolute atomic E-state index is 11.2. The molecule has 0 aliphatic carbocycles. The van der Waals surface area contributed by atoms with Gasteiger partial charge in [-0.2, -0.15) is 5.10 Å². The summed E-state index contributed by atoms with van der Waals surface area (Å²) in [6.07, 6.45) is 6.72. The van der Waals surface area contributed by atoms with Crippen molar-refractivity contribution >= 4 is 12.0 Å². The third kappa shape index (κ3) is 4.42.